The lowest BCUT2D eigenvalue weighted by molar-refractivity contribution is -0.385. The highest BCUT2D eigenvalue weighted by atomic mass is 19.1. The van der Waals surface area contributed by atoms with Crippen LogP contribution in [0.2, 0.25) is 0 Å². The van der Waals surface area contributed by atoms with Gasteiger partial charge in [-0.1, -0.05) is 12.1 Å². The minimum absolute atomic E-state index is 0.0485. The van der Waals surface area contributed by atoms with E-state index in [1.54, 1.807) is 0 Å². The second kappa shape index (κ2) is 6.23. The number of benzene rings is 2. The fourth-order valence-electron chi connectivity index (χ4n) is 3.58. The fraction of sp³-hybridized carbons (Fsp3) is 0.333. The molecule has 1 unspecified atom stereocenters. The highest BCUT2D eigenvalue weighted by Gasteiger charge is 2.32. The Morgan fingerprint density at radius 1 is 1.20 bits per heavy atom. The predicted molar refractivity (Wildman–Crippen MR) is 89.8 cm³/mol. The smallest absolute Gasteiger partial charge is 0.272 e. The molecule has 25 heavy (non-hydrogen) atoms. The Hall–Kier alpha value is -2.83. The molecule has 2 aliphatic heterocycles. The Bertz CT molecular complexity index is 827. The molecule has 1 atom stereocenters. The Kier molecular flexibility index (Phi) is 3.91. The summed E-state index contributed by atoms with van der Waals surface area (Å²) in [7, 11) is 0. The summed E-state index contributed by atoms with van der Waals surface area (Å²) in [6, 6.07) is 9.50. The number of ether oxygens (including phenoxy) is 2. The maximum absolute atomic E-state index is 14.5. The first-order valence-electron chi connectivity index (χ1n) is 8.24. The third-order valence-corrected chi connectivity index (χ3v) is 4.66. The van der Waals surface area contributed by atoms with E-state index in [1.807, 2.05) is 23.1 Å². The molecule has 2 aromatic carbocycles. The molecule has 0 radical (unpaired) electrons. The van der Waals surface area contributed by atoms with Gasteiger partial charge in [0.2, 0.25) is 0 Å². The van der Waals surface area contributed by atoms with Gasteiger partial charge < -0.3 is 14.4 Å². The number of fused-ring (bicyclic) bond motifs is 1. The first-order chi connectivity index (χ1) is 12.1. The summed E-state index contributed by atoms with van der Waals surface area (Å²) in [6.45, 7) is 1.69. The van der Waals surface area contributed by atoms with Crippen molar-refractivity contribution >= 4 is 11.4 Å². The van der Waals surface area contributed by atoms with E-state index in [-0.39, 0.29) is 11.7 Å². The summed E-state index contributed by atoms with van der Waals surface area (Å²) in [6.07, 6.45) is 1.77. The number of nitrogens with zero attached hydrogens (tertiary/aromatic N) is 2. The van der Waals surface area contributed by atoms with E-state index in [0.29, 0.717) is 36.9 Å². The van der Waals surface area contributed by atoms with Gasteiger partial charge in [0, 0.05) is 18.2 Å². The molecule has 0 saturated carbocycles. The van der Waals surface area contributed by atoms with Crippen LogP contribution < -0.4 is 14.4 Å². The topological polar surface area (TPSA) is 64.8 Å². The standard InChI is InChI=1S/C18H17FN2O4/c19-14-11-12(21(22)23)6-7-16(14)20-8-2-4-15(20)13-3-1-5-17-18(13)25-10-9-24-17/h1,3,5-7,11,15H,2,4,8-10H2. The van der Waals surface area contributed by atoms with Gasteiger partial charge in [-0.3, -0.25) is 10.1 Å². The van der Waals surface area contributed by atoms with E-state index in [1.165, 1.54) is 12.1 Å². The molecule has 130 valence electrons. The first-order valence-corrected chi connectivity index (χ1v) is 8.24. The normalized spacial score (nSPS) is 19.1. The largest absolute Gasteiger partial charge is 0.486 e. The lowest BCUT2D eigenvalue weighted by Gasteiger charge is -2.30. The average Bonchev–Trinajstić information content (AvgIpc) is 3.10. The van der Waals surface area contributed by atoms with Crippen LogP contribution in [0.25, 0.3) is 0 Å². The summed E-state index contributed by atoms with van der Waals surface area (Å²) < 4.78 is 25.9. The lowest BCUT2D eigenvalue weighted by atomic mass is 10.0. The molecule has 6 nitrogen and oxygen atoms in total. The number of anilines is 1. The summed E-state index contributed by atoms with van der Waals surface area (Å²) >= 11 is 0. The highest BCUT2D eigenvalue weighted by molar-refractivity contribution is 5.58. The molecule has 4 rings (SSSR count). The van der Waals surface area contributed by atoms with Gasteiger partial charge in [0.15, 0.2) is 17.3 Å². The second-order valence-corrected chi connectivity index (χ2v) is 6.12. The van der Waals surface area contributed by atoms with Crippen LogP contribution in [0.15, 0.2) is 36.4 Å². The maximum Gasteiger partial charge on any atom is 0.272 e. The van der Waals surface area contributed by atoms with E-state index in [4.69, 9.17) is 9.47 Å². The number of para-hydroxylation sites is 1. The van der Waals surface area contributed by atoms with Crippen molar-refractivity contribution in [3.8, 4) is 11.5 Å². The number of hydrogen-bond acceptors (Lipinski definition) is 5. The number of rotatable bonds is 3. The molecule has 0 aromatic heterocycles. The van der Waals surface area contributed by atoms with Gasteiger partial charge in [-0.05, 0) is 25.0 Å². The first kappa shape index (κ1) is 15.7. The Labute approximate surface area is 143 Å². The van der Waals surface area contributed by atoms with Gasteiger partial charge in [0.25, 0.3) is 5.69 Å². The van der Waals surface area contributed by atoms with Gasteiger partial charge in [0.1, 0.15) is 13.2 Å². The number of non-ortho nitro benzene ring substituents is 1. The molecule has 7 heteroatoms. The molecule has 0 aliphatic carbocycles. The van der Waals surface area contributed by atoms with Crippen molar-refractivity contribution in [2.45, 2.75) is 18.9 Å². The zero-order chi connectivity index (χ0) is 17.4. The quantitative estimate of drug-likeness (QED) is 0.625. The molecule has 1 saturated heterocycles. The van der Waals surface area contributed by atoms with Crippen LogP contribution in [0.3, 0.4) is 0 Å². The maximum atomic E-state index is 14.5. The minimum Gasteiger partial charge on any atom is -0.486 e. The van der Waals surface area contributed by atoms with Crippen LogP contribution in [0.4, 0.5) is 15.8 Å². The number of nitro groups is 1. The van der Waals surface area contributed by atoms with Gasteiger partial charge >= 0.3 is 0 Å². The third-order valence-electron chi connectivity index (χ3n) is 4.66. The molecule has 0 amide bonds. The van der Waals surface area contributed by atoms with E-state index in [2.05, 4.69) is 0 Å². The Balaban J connectivity index is 1.71. The summed E-state index contributed by atoms with van der Waals surface area (Å²) in [5.41, 5.74) is 1.10. The van der Waals surface area contributed by atoms with E-state index >= 15 is 0 Å². The number of hydrogen-bond donors (Lipinski definition) is 0. The molecule has 2 aliphatic rings. The van der Waals surface area contributed by atoms with Crippen LogP contribution >= 0.6 is 0 Å². The Morgan fingerprint density at radius 3 is 2.84 bits per heavy atom. The Morgan fingerprint density at radius 2 is 2.04 bits per heavy atom. The van der Waals surface area contributed by atoms with Crippen molar-refractivity contribution in [2.24, 2.45) is 0 Å². The van der Waals surface area contributed by atoms with Crippen molar-refractivity contribution in [2.75, 3.05) is 24.7 Å². The van der Waals surface area contributed by atoms with Gasteiger partial charge in [0.05, 0.1) is 22.7 Å². The number of halogens is 1. The zero-order valence-electron chi connectivity index (χ0n) is 13.5. The predicted octanol–water partition coefficient (Wildman–Crippen LogP) is 3.85. The highest BCUT2D eigenvalue weighted by Crippen LogP contribution is 2.45. The van der Waals surface area contributed by atoms with E-state index in [0.717, 1.165) is 24.5 Å². The molecule has 2 aromatic rings. The molecule has 0 N–H and O–H groups in total. The minimum atomic E-state index is -0.590. The molecular weight excluding hydrogens is 327 g/mol. The SMILES string of the molecule is O=[N+]([O-])c1ccc(N2CCCC2c2cccc3c2OCCO3)c(F)c1. The summed E-state index contributed by atoms with van der Waals surface area (Å²) in [5.74, 6) is 0.843. The molecule has 0 bridgehead atoms. The zero-order valence-corrected chi connectivity index (χ0v) is 13.5. The molecule has 2 heterocycles. The van der Waals surface area contributed by atoms with Gasteiger partial charge in [-0.25, -0.2) is 4.39 Å². The van der Waals surface area contributed by atoms with Crippen molar-refractivity contribution in [1.29, 1.82) is 0 Å². The van der Waals surface area contributed by atoms with Gasteiger partial charge in [-0.15, -0.1) is 0 Å². The van der Waals surface area contributed by atoms with E-state index in [9.17, 15) is 14.5 Å². The van der Waals surface area contributed by atoms with E-state index < -0.39 is 10.7 Å². The van der Waals surface area contributed by atoms with Crippen LogP contribution in [0, 0.1) is 15.9 Å². The van der Waals surface area contributed by atoms with Crippen molar-refractivity contribution < 1.29 is 18.8 Å². The summed E-state index contributed by atoms with van der Waals surface area (Å²) in [5, 5.41) is 10.8. The van der Waals surface area contributed by atoms with Gasteiger partial charge in [-0.2, -0.15) is 0 Å². The molecule has 0 spiro atoms. The lowest BCUT2D eigenvalue weighted by Crippen LogP contribution is -2.25. The number of nitro benzene ring substituents is 1. The van der Waals surface area contributed by atoms with Crippen LogP contribution in [-0.2, 0) is 0 Å². The van der Waals surface area contributed by atoms with Crippen molar-refractivity contribution in [3.05, 3.63) is 57.9 Å². The monoisotopic (exact) mass is 344 g/mol. The van der Waals surface area contributed by atoms with Crippen molar-refractivity contribution in [3.63, 3.8) is 0 Å². The fourth-order valence-corrected chi connectivity index (χ4v) is 3.58. The average molecular weight is 344 g/mol. The van der Waals surface area contributed by atoms with Crippen molar-refractivity contribution in [1.82, 2.24) is 0 Å². The summed E-state index contributed by atoms with van der Waals surface area (Å²) in [4.78, 5) is 12.2. The molecular formula is C18H17FN2O4. The van der Waals surface area contributed by atoms with Crippen LogP contribution in [0.1, 0.15) is 24.4 Å². The van der Waals surface area contributed by atoms with Crippen LogP contribution in [0.5, 0.6) is 11.5 Å². The second-order valence-electron chi connectivity index (χ2n) is 6.12. The van der Waals surface area contributed by atoms with Crippen LogP contribution in [-0.4, -0.2) is 24.7 Å². The molecule has 1 fully saturated rings. The third kappa shape index (κ3) is 2.75.